The number of anilines is 1. The normalized spacial score (nSPS) is 16.3. The Morgan fingerprint density at radius 3 is 1.52 bits per heavy atom. The summed E-state index contributed by atoms with van der Waals surface area (Å²) in [5, 5.41) is 20.3. The molecule has 0 saturated carbocycles. The fourth-order valence-electron chi connectivity index (χ4n) is 8.79. The Bertz CT molecular complexity index is 2730. The quantitative estimate of drug-likeness (QED) is 0.0559. The van der Waals surface area contributed by atoms with Crippen molar-refractivity contribution >= 4 is 39.8 Å². The number of carboxylic acids is 1. The van der Waals surface area contributed by atoms with E-state index in [-0.39, 0.29) is 23.8 Å². The molecule has 1 amide bonds. The van der Waals surface area contributed by atoms with E-state index in [1.807, 2.05) is 109 Å². The summed E-state index contributed by atoms with van der Waals surface area (Å²) in [6.45, 7) is -0.0261. The minimum atomic E-state index is -5.05. The molecule has 1 aromatic heterocycles. The first kappa shape index (κ1) is 43.4. The summed E-state index contributed by atoms with van der Waals surface area (Å²) in [6.07, 6.45) is -4.14. The van der Waals surface area contributed by atoms with Crippen LogP contribution in [0.25, 0.3) is 0 Å². The van der Waals surface area contributed by atoms with Crippen molar-refractivity contribution < 1.29 is 37.5 Å². The van der Waals surface area contributed by atoms with E-state index >= 15 is 13.2 Å². The van der Waals surface area contributed by atoms with Gasteiger partial charge >= 0.3 is 12.1 Å². The van der Waals surface area contributed by atoms with E-state index in [2.05, 4.69) is 20.8 Å². The number of carbonyl (C=O) groups is 3. The summed E-state index contributed by atoms with van der Waals surface area (Å²) in [4.78, 5) is 51.2. The van der Waals surface area contributed by atoms with Gasteiger partial charge in [-0.25, -0.2) is 9.78 Å². The standard InChI is InChI=1S/C52H40F3N5O5S/c53-52(54,55)46-44(57-49(66-46)58-50(34-19-7-1-8-20-34,35-21-9-2-10-22-35)36-23-11-3-12-24-36)45(47(62)56-41-33-60-42(41)31-40(61)32-43(60)48(63)64)59-65-51(37-25-13-4-14-26-37,38-27-15-5-16-28-38)39-29-17-6-18-30-39/h1-30,32,41-42H,31,33H2,(H,56,62)(H,57,58)(H,63,64). The number of halogens is 3. The number of hydrogen-bond donors (Lipinski definition) is 3. The van der Waals surface area contributed by atoms with Gasteiger partial charge in [0, 0.05) is 35.7 Å². The molecule has 2 aliphatic heterocycles. The van der Waals surface area contributed by atoms with Gasteiger partial charge in [-0.05, 0) is 16.7 Å². The van der Waals surface area contributed by atoms with Gasteiger partial charge in [-0.3, -0.25) is 9.59 Å². The lowest BCUT2D eigenvalue weighted by molar-refractivity contribution is -0.138. The van der Waals surface area contributed by atoms with Crippen LogP contribution in [0.2, 0.25) is 0 Å². The van der Waals surface area contributed by atoms with Gasteiger partial charge < -0.3 is 25.5 Å². The average Bonchev–Trinajstić information content (AvgIpc) is 3.77. The molecule has 330 valence electrons. The van der Waals surface area contributed by atoms with Gasteiger partial charge in [0.15, 0.2) is 16.6 Å². The van der Waals surface area contributed by atoms with E-state index in [1.165, 1.54) is 4.90 Å². The highest BCUT2D eigenvalue weighted by atomic mass is 32.1. The topological polar surface area (TPSA) is 133 Å². The smallest absolute Gasteiger partial charge is 0.427 e. The number of benzene rings is 6. The van der Waals surface area contributed by atoms with Crippen LogP contribution in [0.3, 0.4) is 0 Å². The third kappa shape index (κ3) is 8.11. The van der Waals surface area contributed by atoms with E-state index in [1.54, 1.807) is 72.8 Å². The number of aliphatic carboxylic acids is 1. The molecular weight excluding hydrogens is 864 g/mol. The number of carboxylic acid groups (broad SMARTS) is 1. The molecule has 7 aromatic rings. The molecule has 9 rings (SSSR count). The van der Waals surface area contributed by atoms with Crippen molar-refractivity contribution in [3.05, 3.63) is 238 Å². The summed E-state index contributed by atoms with van der Waals surface area (Å²) >= 11 is 0.317. The van der Waals surface area contributed by atoms with Crippen molar-refractivity contribution in [1.82, 2.24) is 15.2 Å². The molecule has 10 nitrogen and oxygen atoms in total. The number of nitrogens with one attached hydrogen (secondary N) is 2. The van der Waals surface area contributed by atoms with Gasteiger partial charge in [0.1, 0.15) is 21.8 Å². The zero-order valence-electron chi connectivity index (χ0n) is 34.9. The molecule has 14 heteroatoms. The maximum Gasteiger partial charge on any atom is 0.427 e. The molecule has 6 aromatic carbocycles. The first-order valence-corrected chi connectivity index (χ1v) is 21.8. The molecule has 1 saturated heterocycles. The average molecular weight is 904 g/mol. The van der Waals surface area contributed by atoms with Crippen LogP contribution in [0.5, 0.6) is 0 Å². The van der Waals surface area contributed by atoms with Crippen molar-refractivity contribution in [2.24, 2.45) is 5.16 Å². The lowest BCUT2D eigenvalue weighted by Crippen LogP contribution is -2.68. The molecule has 3 N–H and O–H groups in total. The lowest BCUT2D eigenvalue weighted by Gasteiger charge is -2.51. The summed E-state index contributed by atoms with van der Waals surface area (Å²) in [5.41, 5.74) is -0.952. The highest BCUT2D eigenvalue weighted by molar-refractivity contribution is 7.16. The number of amides is 1. The predicted octanol–water partition coefficient (Wildman–Crippen LogP) is 9.39. The second-order valence-electron chi connectivity index (χ2n) is 15.8. The van der Waals surface area contributed by atoms with Crippen LogP contribution in [0.1, 0.15) is 50.4 Å². The lowest BCUT2D eigenvalue weighted by atomic mass is 9.77. The van der Waals surface area contributed by atoms with Gasteiger partial charge in [-0.1, -0.05) is 198 Å². The van der Waals surface area contributed by atoms with Crippen molar-refractivity contribution in [2.75, 3.05) is 11.9 Å². The number of hydrogen-bond acceptors (Lipinski definition) is 9. The number of nitrogens with zero attached hydrogens (tertiary/aromatic N) is 3. The molecule has 66 heavy (non-hydrogen) atoms. The highest BCUT2D eigenvalue weighted by Crippen LogP contribution is 2.46. The molecule has 0 bridgehead atoms. The number of carbonyl (C=O) groups excluding carboxylic acids is 2. The number of rotatable bonds is 14. The van der Waals surface area contributed by atoms with Crippen molar-refractivity contribution in [2.45, 2.75) is 35.8 Å². The Labute approximate surface area is 381 Å². The number of oxime groups is 1. The fraction of sp³-hybridized carbons (Fsp3) is 0.135. The van der Waals surface area contributed by atoms with E-state index in [4.69, 9.17) is 4.84 Å². The van der Waals surface area contributed by atoms with Crippen molar-refractivity contribution in [3.8, 4) is 0 Å². The van der Waals surface area contributed by atoms with Gasteiger partial charge in [0.2, 0.25) is 5.60 Å². The van der Waals surface area contributed by atoms with E-state index < -0.39 is 63.3 Å². The SMILES string of the molecule is O=C1C=C(C(=O)O)N2CC(NC(=O)C(=NOC(c3ccccc3)(c3ccccc3)c3ccccc3)c3nc(NC(c4ccccc4)(c4ccccc4)c4ccccc4)sc3C(F)(F)F)C2C1. The van der Waals surface area contributed by atoms with Crippen LogP contribution >= 0.6 is 11.3 Å². The molecule has 2 atom stereocenters. The Kier molecular flexibility index (Phi) is 11.8. The van der Waals surface area contributed by atoms with Gasteiger partial charge in [-0.2, -0.15) is 13.2 Å². The Hall–Kier alpha value is -7.84. The minimum Gasteiger partial charge on any atom is -0.477 e. The monoisotopic (exact) mass is 903 g/mol. The van der Waals surface area contributed by atoms with Crippen LogP contribution in [-0.2, 0) is 36.5 Å². The Morgan fingerprint density at radius 1 is 0.682 bits per heavy atom. The maximum absolute atomic E-state index is 15.7. The second kappa shape index (κ2) is 18.0. The molecule has 2 aliphatic rings. The minimum absolute atomic E-state index is 0.0261. The molecule has 1 fully saturated rings. The largest absolute Gasteiger partial charge is 0.477 e. The predicted molar refractivity (Wildman–Crippen MR) is 245 cm³/mol. The molecule has 3 heterocycles. The third-order valence-corrected chi connectivity index (χ3v) is 12.9. The number of fused-ring (bicyclic) bond motifs is 1. The summed E-state index contributed by atoms with van der Waals surface area (Å²) in [5.74, 6) is -2.86. The summed E-state index contributed by atoms with van der Waals surface area (Å²) < 4.78 is 47.1. The first-order chi connectivity index (χ1) is 32.0. The first-order valence-electron chi connectivity index (χ1n) is 21.0. The van der Waals surface area contributed by atoms with Crippen molar-refractivity contribution in [3.63, 3.8) is 0 Å². The van der Waals surface area contributed by atoms with Crippen LogP contribution in [0.15, 0.2) is 199 Å². The molecular formula is C52H40F3N5O5S. The van der Waals surface area contributed by atoms with Gasteiger partial charge in [0.05, 0.1) is 12.1 Å². The molecule has 2 unspecified atom stereocenters. The van der Waals surface area contributed by atoms with E-state index in [0.717, 1.165) is 6.08 Å². The van der Waals surface area contributed by atoms with Crippen LogP contribution in [-0.4, -0.2) is 57.0 Å². The van der Waals surface area contributed by atoms with Gasteiger partial charge in [0.25, 0.3) is 5.91 Å². The second-order valence-corrected chi connectivity index (χ2v) is 16.8. The molecule has 0 radical (unpaired) electrons. The Morgan fingerprint density at radius 2 is 1.11 bits per heavy atom. The molecule has 0 spiro atoms. The van der Waals surface area contributed by atoms with Gasteiger partial charge in [-0.15, -0.1) is 0 Å². The number of allylic oxidation sites excluding steroid dienone is 1. The zero-order chi connectivity index (χ0) is 45.9. The number of alkyl halides is 3. The Balaban J connectivity index is 1.23. The van der Waals surface area contributed by atoms with Crippen LogP contribution < -0.4 is 10.6 Å². The maximum atomic E-state index is 15.7. The van der Waals surface area contributed by atoms with Crippen molar-refractivity contribution in [1.29, 1.82) is 0 Å². The number of thiazole rings is 1. The number of ketones is 1. The summed E-state index contributed by atoms with van der Waals surface area (Å²) in [6, 6.07) is 53.2. The van der Waals surface area contributed by atoms with E-state index in [9.17, 15) is 19.5 Å². The van der Waals surface area contributed by atoms with Crippen LogP contribution in [0.4, 0.5) is 18.3 Å². The zero-order valence-corrected chi connectivity index (χ0v) is 35.7. The fourth-order valence-corrected chi connectivity index (χ4v) is 9.68. The molecule has 0 aliphatic carbocycles. The van der Waals surface area contributed by atoms with E-state index in [0.29, 0.717) is 44.7 Å². The third-order valence-electron chi connectivity index (χ3n) is 11.9. The highest BCUT2D eigenvalue weighted by Gasteiger charge is 2.49. The number of aromatic nitrogens is 1. The van der Waals surface area contributed by atoms with Crippen LogP contribution in [0, 0.1) is 0 Å². The summed E-state index contributed by atoms with van der Waals surface area (Å²) in [7, 11) is 0.